The molecule has 0 saturated heterocycles. The summed E-state index contributed by atoms with van der Waals surface area (Å²) in [5.74, 6) is 0. The van der Waals surface area contributed by atoms with E-state index in [0.29, 0.717) is 0 Å². The number of nitrogens with one attached hydrogen (secondary N) is 1. The van der Waals surface area contributed by atoms with Crippen molar-refractivity contribution in [3.63, 3.8) is 0 Å². The third-order valence-electron chi connectivity index (χ3n) is 2.50. The molecule has 1 aliphatic rings. The Kier molecular flexibility index (Phi) is 2.31. The van der Waals surface area contributed by atoms with Crippen molar-refractivity contribution < 1.29 is 0 Å². The summed E-state index contributed by atoms with van der Waals surface area (Å²) in [7, 11) is 2.01. The molecule has 0 aromatic heterocycles. The summed E-state index contributed by atoms with van der Waals surface area (Å²) in [6, 6.07) is 0. The van der Waals surface area contributed by atoms with Gasteiger partial charge in [0.1, 0.15) is 0 Å². The molecule has 0 saturated carbocycles. The monoisotopic (exact) mass is 165 g/mol. The molecule has 1 rings (SSSR count). The highest BCUT2D eigenvalue weighted by Crippen LogP contribution is 2.37. The average molecular weight is 165 g/mol. The molecular weight excluding hydrogens is 146 g/mol. The minimum Gasteiger partial charge on any atom is -0.391 e. The molecule has 0 bridgehead atoms. The van der Waals surface area contributed by atoms with Crippen molar-refractivity contribution in [3.05, 3.63) is 22.9 Å². The third kappa shape index (κ3) is 1.55. The summed E-state index contributed by atoms with van der Waals surface area (Å²) in [5.41, 5.74) is 4.54. The minimum atomic E-state index is 0.289. The first-order valence-electron chi connectivity index (χ1n) is 4.53. The lowest BCUT2D eigenvalue weighted by molar-refractivity contribution is 0.407. The largest absolute Gasteiger partial charge is 0.391 e. The van der Waals surface area contributed by atoms with Gasteiger partial charge in [-0.05, 0) is 25.8 Å². The molecule has 0 spiro atoms. The highest BCUT2D eigenvalue weighted by Gasteiger charge is 2.27. The van der Waals surface area contributed by atoms with Crippen LogP contribution in [0.25, 0.3) is 0 Å². The Bertz CT molecular complexity index is 244. The van der Waals surface area contributed by atoms with E-state index in [9.17, 15) is 0 Å². The Morgan fingerprint density at radius 3 is 2.33 bits per heavy atom. The van der Waals surface area contributed by atoms with E-state index in [2.05, 4.69) is 39.1 Å². The van der Waals surface area contributed by atoms with Crippen molar-refractivity contribution in [1.29, 1.82) is 0 Å². The second kappa shape index (κ2) is 2.96. The van der Waals surface area contributed by atoms with Crippen LogP contribution in [0.3, 0.4) is 0 Å². The van der Waals surface area contributed by atoms with Crippen LogP contribution in [-0.4, -0.2) is 7.05 Å². The molecule has 1 nitrogen and oxygen atoms in total. The summed E-state index contributed by atoms with van der Waals surface area (Å²) < 4.78 is 0. The summed E-state index contributed by atoms with van der Waals surface area (Å²) >= 11 is 0. The zero-order chi connectivity index (χ0) is 9.35. The van der Waals surface area contributed by atoms with Gasteiger partial charge in [-0.25, -0.2) is 0 Å². The smallest absolute Gasteiger partial charge is 0.0194 e. The lowest BCUT2D eigenvalue weighted by Gasteiger charge is -2.33. The van der Waals surface area contributed by atoms with Crippen molar-refractivity contribution in [1.82, 2.24) is 5.32 Å². The average Bonchev–Trinajstić information content (AvgIpc) is 1.82. The number of allylic oxidation sites excluding steroid dienone is 4. The van der Waals surface area contributed by atoms with Gasteiger partial charge in [0.25, 0.3) is 0 Å². The molecule has 0 heterocycles. The van der Waals surface area contributed by atoms with E-state index in [-0.39, 0.29) is 5.41 Å². The van der Waals surface area contributed by atoms with Gasteiger partial charge in [0.05, 0.1) is 0 Å². The van der Waals surface area contributed by atoms with Crippen LogP contribution in [-0.2, 0) is 0 Å². The quantitative estimate of drug-likeness (QED) is 0.630. The molecule has 68 valence electrons. The van der Waals surface area contributed by atoms with E-state index in [1.807, 2.05) is 7.05 Å². The van der Waals surface area contributed by atoms with Crippen molar-refractivity contribution in [2.24, 2.45) is 5.41 Å². The van der Waals surface area contributed by atoms with Crippen LogP contribution in [0.1, 0.15) is 34.1 Å². The number of hydrogen-bond donors (Lipinski definition) is 1. The molecule has 1 aliphatic carbocycles. The van der Waals surface area contributed by atoms with Gasteiger partial charge in [-0.3, -0.25) is 0 Å². The van der Waals surface area contributed by atoms with E-state index >= 15 is 0 Å². The first-order valence-corrected chi connectivity index (χ1v) is 4.53. The van der Waals surface area contributed by atoms with Crippen LogP contribution in [0.4, 0.5) is 0 Å². The Morgan fingerprint density at radius 2 is 1.92 bits per heavy atom. The normalized spacial score (nSPS) is 22.2. The summed E-state index contributed by atoms with van der Waals surface area (Å²) in [5, 5.41) is 3.30. The Labute approximate surface area is 75.6 Å². The standard InChI is InChI=1S/C11H19N/c1-8-6-9(2)10(12-5)11(3,4)7-8/h6,12H,7H2,1-5H3. The highest BCUT2D eigenvalue weighted by molar-refractivity contribution is 5.34. The van der Waals surface area contributed by atoms with Gasteiger partial charge < -0.3 is 5.32 Å². The molecule has 0 aromatic rings. The maximum Gasteiger partial charge on any atom is 0.0194 e. The van der Waals surface area contributed by atoms with Gasteiger partial charge in [-0.2, -0.15) is 0 Å². The molecule has 0 atom stereocenters. The maximum atomic E-state index is 3.30. The van der Waals surface area contributed by atoms with Gasteiger partial charge in [0.2, 0.25) is 0 Å². The summed E-state index contributed by atoms with van der Waals surface area (Å²) in [6.07, 6.45) is 3.44. The molecule has 0 fully saturated rings. The zero-order valence-electron chi connectivity index (χ0n) is 8.78. The van der Waals surface area contributed by atoms with Gasteiger partial charge in [0.15, 0.2) is 0 Å². The van der Waals surface area contributed by atoms with Crippen LogP contribution in [0.2, 0.25) is 0 Å². The first-order chi connectivity index (χ1) is 5.47. The fourth-order valence-corrected chi connectivity index (χ4v) is 2.35. The van der Waals surface area contributed by atoms with Crippen molar-refractivity contribution >= 4 is 0 Å². The summed E-state index contributed by atoms with van der Waals surface area (Å²) in [4.78, 5) is 0. The second-order valence-corrected chi connectivity index (χ2v) is 4.36. The van der Waals surface area contributed by atoms with Gasteiger partial charge in [0, 0.05) is 18.2 Å². The molecular formula is C11H19N. The topological polar surface area (TPSA) is 12.0 Å². The van der Waals surface area contributed by atoms with Crippen LogP contribution >= 0.6 is 0 Å². The first kappa shape index (κ1) is 9.37. The molecule has 1 heteroatoms. The van der Waals surface area contributed by atoms with Gasteiger partial charge >= 0.3 is 0 Å². The zero-order valence-corrected chi connectivity index (χ0v) is 8.78. The summed E-state index contributed by atoms with van der Waals surface area (Å²) in [6.45, 7) is 8.96. The Balaban J connectivity index is 3.09. The Morgan fingerprint density at radius 1 is 1.33 bits per heavy atom. The van der Waals surface area contributed by atoms with Crippen LogP contribution < -0.4 is 5.32 Å². The van der Waals surface area contributed by atoms with E-state index in [4.69, 9.17) is 0 Å². The molecule has 12 heavy (non-hydrogen) atoms. The molecule has 0 radical (unpaired) electrons. The molecule has 0 aromatic carbocycles. The van der Waals surface area contributed by atoms with Gasteiger partial charge in [-0.1, -0.05) is 25.5 Å². The SMILES string of the molecule is CNC1=C(C)C=C(C)CC1(C)C. The molecule has 0 unspecified atom stereocenters. The highest BCUT2D eigenvalue weighted by atomic mass is 14.9. The predicted octanol–water partition coefficient (Wildman–Crippen LogP) is 2.86. The lowest BCUT2D eigenvalue weighted by atomic mass is 9.77. The molecule has 1 N–H and O–H groups in total. The lowest BCUT2D eigenvalue weighted by Crippen LogP contribution is -2.28. The van der Waals surface area contributed by atoms with E-state index in [1.54, 1.807) is 0 Å². The van der Waals surface area contributed by atoms with Crippen LogP contribution in [0.5, 0.6) is 0 Å². The fraction of sp³-hybridized carbons (Fsp3) is 0.636. The number of rotatable bonds is 1. The number of hydrogen-bond acceptors (Lipinski definition) is 1. The fourth-order valence-electron chi connectivity index (χ4n) is 2.35. The van der Waals surface area contributed by atoms with Crippen molar-refractivity contribution in [3.8, 4) is 0 Å². The third-order valence-corrected chi connectivity index (χ3v) is 2.50. The Hall–Kier alpha value is -0.720. The van der Waals surface area contributed by atoms with Crippen molar-refractivity contribution in [2.45, 2.75) is 34.1 Å². The maximum absolute atomic E-state index is 3.30. The minimum absolute atomic E-state index is 0.289. The van der Waals surface area contributed by atoms with Gasteiger partial charge in [-0.15, -0.1) is 0 Å². The van der Waals surface area contributed by atoms with E-state index in [1.165, 1.54) is 23.3 Å². The van der Waals surface area contributed by atoms with E-state index in [0.717, 1.165) is 0 Å². The molecule has 0 amide bonds. The predicted molar refractivity (Wildman–Crippen MR) is 53.9 cm³/mol. The van der Waals surface area contributed by atoms with Crippen LogP contribution in [0.15, 0.2) is 22.9 Å². The molecule has 0 aliphatic heterocycles. The second-order valence-electron chi connectivity index (χ2n) is 4.36. The van der Waals surface area contributed by atoms with Crippen LogP contribution in [0, 0.1) is 5.41 Å². The van der Waals surface area contributed by atoms with Crippen molar-refractivity contribution in [2.75, 3.05) is 7.05 Å². The van der Waals surface area contributed by atoms with E-state index < -0.39 is 0 Å².